The minimum absolute atomic E-state index is 0.187. The predicted octanol–water partition coefficient (Wildman–Crippen LogP) is 2.99. The molecule has 0 radical (unpaired) electrons. The lowest BCUT2D eigenvalue weighted by atomic mass is 10.2. The van der Waals surface area contributed by atoms with Crippen LogP contribution in [0, 0.1) is 0 Å². The van der Waals surface area contributed by atoms with E-state index < -0.39 is 5.97 Å². The van der Waals surface area contributed by atoms with Crippen LogP contribution in [0.3, 0.4) is 0 Å². The Morgan fingerprint density at radius 1 is 1.17 bits per heavy atom. The van der Waals surface area contributed by atoms with E-state index in [0.717, 1.165) is 10.6 Å². The summed E-state index contributed by atoms with van der Waals surface area (Å²) in [5, 5.41) is 3.12. The van der Waals surface area contributed by atoms with Gasteiger partial charge in [0.25, 0.3) is 5.91 Å². The lowest BCUT2D eigenvalue weighted by Crippen LogP contribution is -2.30. The van der Waals surface area contributed by atoms with Crippen LogP contribution in [0.5, 0.6) is 0 Å². The summed E-state index contributed by atoms with van der Waals surface area (Å²) in [5.41, 5.74) is 6.10. The standard InChI is InChI=1S/C17H17ClN2O3S/c18-12-6-7-14(15(19)10-12)17(22)23-11-16(21)20-8-9-24-13-4-2-1-3-5-13/h1-7,10H,8-9,11,19H2,(H,20,21). The number of nitrogen functional groups attached to an aromatic ring is 1. The van der Waals surface area contributed by atoms with Gasteiger partial charge in [-0.25, -0.2) is 4.79 Å². The average molecular weight is 365 g/mol. The first kappa shape index (κ1) is 18.2. The molecule has 7 heteroatoms. The van der Waals surface area contributed by atoms with Crippen LogP contribution in [-0.4, -0.2) is 30.8 Å². The van der Waals surface area contributed by atoms with Gasteiger partial charge in [0, 0.05) is 27.9 Å². The van der Waals surface area contributed by atoms with Crippen molar-refractivity contribution in [2.45, 2.75) is 4.90 Å². The van der Waals surface area contributed by atoms with Crippen LogP contribution >= 0.6 is 23.4 Å². The first-order valence-corrected chi connectivity index (χ1v) is 8.59. The Kier molecular flexibility index (Phi) is 6.96. The molecular weight excluding hydrogens is 348 g/mol. The highest BCUT2D eigenvalue weighted by molar-refractivity contribution is 7.99. The normalized spacial score (nSPS) is 10.2. The molecule has 0 aliphatic carbocycles. The Bertz CT molecular complexity index is 710. The second-order valence-corrected chi connectivity index (χ2v) is 6.42. The van der Waals surface area contributed by atoms with Crippen molar-refractivity contribution in [3.63, 3.8) is 0 Å². The predicted molar refractivity (Wildman–Crippen MR) is 96.3 cm³/mol. The van der Waals surface area contributed by atoms with Crippen LogP contribution in [0.25, 0.3) is 0 Å². The molecule has 5 nitrogen and oxygen atoms in total. The maximum absolute atomic E-state index is 11.9. The molecule has 0 fully saturated rings. The minimum Gasteiger partial charge on any atom is -0.452 e. The van der Waals surface area contributed by atoms with E-state index in [1.165, 1.54) is 18.2 Å². The molecule has 0 heterocycles. The Balaban J connectivity index is 1.68. The molecule has 0 bridgehead atoms. The molecule has 0 saturated carbocycles. The quantitative estimate of drug-likeness (QED) is 0.341. The number of benzene rings is 2. The largest absolute Gasteiger partial charge is 0.452 e. The highest BCUT2D eigenvalue weighted by Crippen LogP contribution is 2.18. The number of hydrogen-bond donors (Lipinski definition) is 2. The van der Waals surface area contributed by atoms with Crippen molar-refractivity contribution in [3.8, 4) is 0 Å². The molecule has 0 aliphatic rings. The Hall–Kier alpha value is -2.18. The number of esters is 1. The average Bonchev–Trinajstić information content (AvgIpc) is 2.57. The van der Waals surface area contributed by atoms with E-state index in [-0.39, 0.29) is 23.8 Å². The van der Waals surface area contributed by atoms with Gasteiger partial charge in [-0.1, -0.05) is 29.8 Å². The molecule has 0 unspecified atom stereocenters. The van der Waals surface area contributed by atoms with E-state index in [9.17, 15) is 9.59 Å². The summed E-state index contributed by atoms with van der Waals surface area (Å²) in [4.78, 5) is 24.7. The van der Waals surface area contributed by atoms with Gasteiger partial charge in [0.05, 0.1) is 5.56 Å². The van der Waals surface area contributed by atoms with Gasteiger partial charge in [0.15, 0.2) is 6.61 Å². The first-order chi connectivity index (χ1) is 11.6. The second-order valence-electron chi connectivity index (χ2n) is 4.82. The molecule has 2 rings (SSSR count). The van der Waals surface area contributed by atoms with E-state index in [0.29, 0.717) is 11.6 Å². The minimum atomic E-state index is -0.655. The zero-order valence-electron chi connectivity index (χ0n) is 12.8. The van der Waals surface area contributed by atoms with Crippen molar-refractivity contribution < 1.29 is 14.3 Å². The van der Waals surface area contributed by atoms with Gasteiger partial charge in [0.1, 0.15) is 0 Å². The van der Waals surface area contributed by atoms with Gasteiger partial charge in [0.2, 0.25) is 0 Å². The number of amides is 1. The lowest BCUT2D eigenvalue weighted by molar-refractivity contribution is -0.124. The van der Waals surface area contributed by atoms with Crippen molar-refractivity contribution in [2.24, 2.45) is 0 Å². The van der Waals surface area contributed by atoms with Crippen LogP contribution in [0.4, 0.5) is 5.69 Å². The molecule has 0 spiro atoms. The fourth-order valence-electron chi connectivity index (χ4n) is 1.86. The SMILES string of the molecule is Nc1cc(Cl)ccc1C(=O)OCC(=O)NCCSc1ccccc1. The van der Waals surface area contributed by atoms with Crippen molar-refractivity contribution in [3.05, 3.63) is 59.1 Å². The summed E-state index contributed by atoms with van der Waals surface area (Å²) in [6.45, 7) is 0.135. The molecule has 2 aromatic carbocycles. The third-order valence-corrected chi connectivity index (χ3v) is 4.25. The molecule has 0 atom stereocenters. The van der Waals surface area contributed by atoms with Crippen molar-refractivity contribution in [1.82, 2.24) is 5.32 Å². The summed E-state index contributed by atoms with van der Waals surface area (Å²) in [6, 6.07) is 14.3. The molecule has 126 valence electrons. The fourth-order valence-corrected chi connectivity index (χ4v) is 2.83. The van der Waals surface area contributed by atoms with Crippen molar-refractivity contribution in [1.29, 1.82) is 0 Å². The van der Waals surface area contributed by atoms with E-state index in [1.54, 1.807) is 11.8 Å². The topological polar surface area (TPSA) is 81.4 Å². The Morgan fingerprint density at radius 2 is 1.92 bits per heavy atom. The number of nitrogens with two attached hydrogens (primary N) is 1. The summed E-state index contributed by atoms with van der Waals surface area (Å²) >= 11 is 7.40. The number of rotatable bonds is 7. The second kappa shape index (κ2) is 9.20. The summed E-state index contributed by atoms with van der Waals surface area (Å²) in [5.74, 6) is -0.282. The number of carbonyl (C=O) groups is 2. The van der Waals surface area contributed by atoms with Crippen LogP contribution in [-0.2, 0) is 9.53 Å². The zero-order valence-corrected chi connectivity index (χ0v) is 14.4. The monoisotopic (exact) mass is 364 g/mol. The number of halogens is 1. The molecular formula is C17H17ClN2O3S. The fraction of sp³-hybridized carbons (Fsp3) is 0.176. The number of carbonyl (C=O) groups excluding carboxylic acids is 2. The zero-order chi connectivity index (χ0) is 17.4. The van der Waals surface area contributed by atoms with E-state index in [4.69, 9.17) is 22.1 Å². The number of nitrogens with one attached hydrogen (secondary N) is 1. The third-order valence-electron chi connectivity index (χ3n) is 3.00. The highest BCUT2D eigenvalue weighted by Gasteiger charge is 2.13. The van der Waals surface area contributed by atoms with Crippen LogP contribution in [0.2, 0.25) is 5.02 Å². The first-order valence-electron chi connectivity index (χ1n) is 7.23. The van der Waals surface area contributed by atoms with Gasteiger partial charge >= 0.3 is 5.97 Å². The Labute approximate surface area is 149 Å². The maximum atomic E-state index is 11.9. The van der Waals surface area contributed by atoms with Gasteiger partial charge in [-0.05, 0) is 30.3 Å². The molecule has 0 aliphatic heterocycles. The van der Waals surface area contributed by atoms with E-state index >= 15 is 0 Å². The molecule has 1 amide bonds. The number of anilines is 1. The molecule has 2 aromatic rings. The van der Waals surface area contributed by atoms with Crippen LogP contribution < -0.4 is 11.1 Å². The van der Waals surface area contributed by atoms with E-state index in [1.807, 2.05) is 30.3 Å². The third kappa shape index (κ3) is 5.79. The summed E-state index contributed by atoms with van der Waals surface area (Å²) in [7, 11) is 0. The molecule has 24 heavy (non-hydrogen) atoms. The van der Waals surface area contributed by atoms with Crippen LogP contribution in [0.1, 0.15) is 10.4 Å². The molecule has 3 N–H and O–H groups in total. The Morgan fingerprint density at radius 3 is 2.62 bits per heavy atom. The molecule has 0 aromatic heterocycles. The van der Waals surface area contributed by atoms with Gasteiger partial charge in [-0.15, -0.1) is 11.8 Å². The van der Waals surface area contributed by atoms with Crippen molar-refractivity contribution in [2.75, 3.05) is 24.6 Å². The number of thioether (sulfide) groups is 1. The van der Waals surface area contributed by atoms with E-state index in [2.05, 4.69) is 5.32 Å². The maximum Gasteiger partial charge on any atom is 0.340 e. The molecule has 0 saturated heterocycles. The van der Waals surface area contributed by atoms with Crippen LogP contribution in [0.15, 0.2) is 53.4 Å². The number of ether oxygens (including phenoxy) is 1. The smallest absolute Gasteiger partial charge is 0.340 e. The summed E-state index contributed by atoms with van der Waals surface area (Å²) < 4.78 is 4.95. The highest BCUT2D eigenvalue weighted by atomic mass is 35.5. The number of hydrogen-bond acceptors (Lipinski definition) is 5. The van der Waals surface area contributed by atoms with Gasteiger partial charge in [-0.3, -0.25) is 4.79 Å². The van der Waals surface area contributed by atoms with Gasteiger partial charge < -0.3 is 15.8 Å². The van der Waals surface area contributed by atoms with Crippen molar-refractivity contribution >= 4 is 40.9 Å². The summed E-state index contributed by atoms with van der Waals surface area (Å²) in [6.07, 6.45) is 0. The van der Waals surface area contributed by atoms with Gasteiger partial charge in [-0.2, -0.15) is 0 Å². The lowest BCUT2D eigenvalue weighted by Gasteiger charge is -2.08.